The molecule has 1 saturated heterocycles. The Morgan fingerprint density at radius 1 is 1.35 bits per heavy atom. The van der Waals surface area contributed by atoms with E-state index in [-0.39, 0.29) is 23.9 Å². The van der Waals surface area contributed by atoms with E-state index in [4.69, 9.17) is 0 Å². The Kier molecular flexibility index (Phi) is 4.49. The molecule has 3 rings (SSSR count). The van der Waals surface area contributed by atoms with Gasteiger partial charge >= 0.3 is 5.69 Å². The van der Waals surface area contributed by atoms with Crippen LogP contribution in [-0.4, -0.2) is 45.9 Å². The highest BCUT2D eigenvalue weighted by Crippen LogP contribution is 2.12. The Morgan fingerprint density at radius 2 is 2.09 bits per heavy atom. The molecule has 2 aromatic rings. The van der Waals surface area contributed by atoms with Crippen molar-refractivity contribution in [2.24, 2.45) is 13.0 Å². The van der Waals surface area contributed by atoms with Crippen LogP contribution >= 0.6 is 0 Å². The second-order valence-electron chi connectivity index (χ2n) is 6.02. The zero-order valence-electron chi connectivity index (χ0n) is 13.2. The van der Waals surface area contributed by atoms with Crippen molar-refractivity contribution in [1.29, 1.82) is 0 Å². The molecule has 2 atom stereocenters. The van der Waals surface area contributed by atoms with Crippen molar-refractivity contribution in [3.05, 3.63) is 34.7 Å². The molecule has 7 nitrogen and oxygen atoms in total. The molecule has 1 amide bonds. The molecule has 1 aliphatic rings. The van der Waals surface area contributed by atoms with E-state index in [0.717, 1.165) is 11.0 Å². The lowest BCUT2D eigenvalue weighted by Gasteiger charge is -2.14. The molecule has 1 fully saturated rings. The molecule has 2 unspecified atom stereocenters. The average molecular weight is 318 g/mol. The van der Waals surface area contributed by atoms with Crippen molar-refractivity contribution in [3.63, 3.8) is 0 Å². The van der Waals surface area contributed by atoms with Crippen LogP contribution in [0.3, 0.4) is 0 Å². The second kappa shape index (κ2) is 6.55. The van der Waals surface area contributed by atoms with Gasteiger partial charge in [0.2, 0.25) is 5.91 Å². The van der Waals surface area contributed by atoms with Crippen LogP contribution in [0, 0.1) is 5.92 Å². The number of carbonyl (C=O) groups excluding carboxylic acids is 1. The summed E-state index contributed by atoms with van der Waals surface area (Å²) < 4.78 is 3.22. The Morgan fingerprint density at radius 3 is 2.78 bits per heavy atom. The second-order valence-corrected chi connectivity index (χ2v) is 6.02. The molecule has 0 spiro atoms. The first-order chi connectivity index (χ1) is 11.1. The van der Waals surface area contributed by atoms with Crippen LogP contribution in [0.2, 0.25) is 0 Å². The highest BCUT2D eigenvalue weighted by atomic mass is 16.3. The SMILES string of the molecule is Cn1c(=O)n(CCC(=O)NCC2CNCC2O)c2ccccc21. The largest absolute Gasteiger partial charge is 0.391 e. The number of hydrogen-bond acceptors (Lipinski definition) is 4. The van der Waals surface area contributed by atoms with E-state index in [1.807, 2.05) is 24.3 Å². The highest BCUT2D eigenvalue weighted by molar-refractivity contribution is 5.77. The monoisotopic (exact) mass is 318 g/mol. The molecular formula is C16H22N4O3. The molecule has 0 aliphatic carbocycles. The summed E-state index contributed by atoms with van der Waals surface area (Å²) in [6.07, 6.45) is -0.166. The van der Waals surface area contributed by atoms with E-state index in [0.29, 0.717) is 26.2 Å². The smallest absolute Gasteiger partial charge is 0.328 e. The zero-order valence-corrected chi connectivity index (χ0v) is 13.2. The molecule has 7 heteroatoms. The summed E-state index contributed by atoms with van der Waals surface area (Å²) in [5.74, 6) is -0.0526. The molecule has 1 aromatic carbocycles. The maximum atomic E-state index is 12.3. The Bertz CT molecular complexity index is 764. The first-order valence-corrected chi connectivity index (χ1v) is 7.87. The van der Waals surface area contributed by atoms with Crippen LogP contribution in [0.25, 0.3) is 11.0 Å². The maximum Gasteiger partial charge on any atom is 0.328 e. The number of β-amino-alcohol motifs (C(OH)–C–C–N with tert-alkyl or cyclic N) is 1. The van der Waals surface area contributed by atoms with E-state index in [1.165, 1.54) is 0 Å². The minimum Gasteiger partial charge on any atom is -0.391 e. The number of aryl methyl sites for hydroxylation is 2. The summed E-state index contributed by atoms with van der Waals surface area (Å²) >= 11 is 0. The summed E-state index contributed by atoms with van der Waals surface area (Å²) in [4.78, 5) is 24.3. The van der Waals surface area contributed by atoms with E-state index in [9.17, 15) is 14.7 Å². The summed E-state index contributed by atoms with van der Waals surface area (Å²) in [6.45, 7) is 2.09. The Labute approximate surface area is 133 Å². The minimum atomic E-state index is -0.406. The number of aliphatic hydroxyl groups excluding tert-OH is 1. The molecule has 0 bridgehead atoms. The first kappa shape index (κ1) is 15.8. The third-order valence-electron chi connectivity index (χ3n) is 4.48. The fraction of sp³-hybridized carbons (Fsp3) is 0.500. The number of aromatic nitrogens is 2. The van der Waals surface area contributed by atoms with E-state index in [2.05, 4.69) is 10.6 Å². The van der Waals surface area contributed by atoms with Crippen LogP contribution in [-0.2, 0) is 18.4 Å². The van der Waals surface area contributed by atoms with E-state index < -0.39 is 6.10 Å². The summed E-state index contributed by atoms with van der Waals surface area (Å²) in [5, 5.41) is 15.6. The number of fused-ring (bicyclic) bond motifs is 1. The van der Waals surface area contributed by atoms with Gasteiger partial charge in [0, 0.05) is 45.6 Å². The van der Waals surface area contributed by atoms with Crippen molar-refractivity contribution >= 4 is 16.9 Å². The van der Waals surface area contributed by atoms with Gasteiger partial charge < -0.3 is 15.7 Å². The van der Waals surface area contributed by atoms with Crippen molar-refractivity contribution in [3.8, 4) is 0 Å². The number of carbonyl (C=O) groups is 1. The van der Waals surface area contributed by atoms with Crippen LogP contribution in [0.4, 0.5) is 0 Å². The van der Waals surface area contributed by atoms with Gasteiger partial charge in [0.05, 0.1) is 17.1 Å². The van der Waals surface area contributed by atoms with Crippen LogP contribution in [0.5, 0.6) is 0 Å². The number of imidazole rings is 1. The van der Waals surface area contributed by atoms with Crippen molar-refractivity contribution in [2.45, 2.75) is 19.1 Å². The predicted octanol–water partition coefficient (Wildman–Crippen LogP) is -0.573. The molecular weight excluding hydrogens is 296 g/mol. The topological polar surface area (TPSA) is 88.3 Å². The number of aliphatic hydroxyl groups is 1. The van der Waals surface area contributed by atoms with Crippen LogP contribution in [0.1, 0.15) is 6.42 Å². The maximum absolute atomic E-state index is 12.3. The standard InChI is InChI=1S/C16H22N4O3/c1-19-12-4-2-3-5-13(12)20(16(19)23)7-6-15(22)18-9-11-8-17-10-14(11)21/h2-5,11,14,17,21H,6-10H2,1H3,(H,18,22). The Hall–Kier alpha value is -2.12. The molecule has 3 N–H and O–H groups in total. The molecule has 23 heavy (non-hydrogen) atoms. The molecule has 0 saturated carbocycles. The Balaban J connectivity index is 1.61. The molecule has 2 heterocycles. The van der Waals surface area contributed by atoms with Crippen molar-refractivity contribution in [1.82, 2.24) is 19.8 Å². The zero-order chi connectivity index (χ0) is 16.4. The van der Waals surface area contributed by atoms with Gasteiger partial charge in [0.25, 0.3) is 0 Å². The average Bonchev–Trinajstić information content (AvgIpc) is 3.07. The van der Waals surface area contributed by atoms with Crippen LogP contribution < -0.4 is 16.3 Å². The summed E-state index contributed by atoms with van der Waals surface area (Å²) in [6, 6.07) is 7.55. The van der Waals surface area contributed by atoms with Gasteiger partial charge in [-0.2, -0.15) is 0 Å². The number of nitrogens with one attached hydrogen (secondary N) is 2. The minimum absolute atomic E-state index is 0.0548. The number of benzene rings is 1. The summed E-state index contributed by atoms with van der Waals surface area (Å²) in [5.41, 5.74) is 1.58. The predicted molar refractivity (Wildman–Crippen MR) is 87.2 cm³/mol. The van der Waals surface area contributed by atoms with Gasteiger partial charge in [-0.1, -0.05) is 12.1 Å². The fourth-order valence-electron chi connectivity index (χ4n) is 3.05. The van der Waals surface area contributed by atoms with Gasteiger partial charge in [-0.15, -0.1) is 0 Å². The first-order valence-electron chi connectivity index (χ1n) is 7.87. The number of amides is 1. The number of rotatable bonds is 5. The lowest BCUT2D eigenvalue weighted by Crippen LogP contribution is -2.35. The molecule has 1 aromatic heterocycles. The fourth-order valence-corrected chi connectivity index (χ4v) is 3.05. The van der Waals surface area contributed by atoms with Gasteiger partial charge in [-0.3, -0.25) is 13.9 Å². The number of para-hydroxylation sites is 2. The van der Waals surface area contributed by atoms with Gasteiger partial charge in [-0.05, 0) is 12.1 Å². The van der Waals surface area contributed by atoms with Gasteiger partial charge in [-0.25, -0.2) is 4.79 Å². The molecule has 124 valence electrons. The summed E-state index contributed by atoms with van der Waals surface area (Å²) in [7, 11) is 1.73. The van der Waals surface area contributed by atoms with Gasteiger partial charge in [0.15, 0.2) is 0 Å². The normalized spacial score (nSPS) is 21.0. The van der Waals surface area contributed by atoms with Gasteiger partial charge in [0.1, 0.15) is 0 Å². The molecule has 1 aliphatic heterocycles. The third kappa shape index (κ3) is 3.16. The van der Waals surface area contributed by atoms with E-state index in [1.54, 1.807) is 16.2 Å². The van der Waals surface area contributed by atoms with Crippen molar-refractivity contribution in [2.75, 3.05) is 19.6 Å². The quantitative estimate of drug-likeness (QED) is 0.689. The number of hydrogen-bond donors (Lipinski definition) is 3. The highest BCUT2D eigenvalue weighted by Gasteiger charge is 2.24. The lowest BCUT2D eigenvalue weighted by atomic mass is 10.1. The van der Waals surface area contributed by atoms with Crippen molar-refractivity contribution < 1.29 is 9.90 Å². The van der Waals surface area contributed by atoms with E-state index >= 15 is 0 Å². The lowest BCUT2D eigenvalue weighted by molar-refractivity contribution is -0.121. The number of nitrogens with zero attached hydrogens (tertiary/aromatic N) is 2. The molecule has 0 radical (unpaired) electrons. The van der Waals surface area contributed by atoms with Crippen LogP contribution in [0.15, 0.2) is 29.1 Å². The third-order valence-corrected chi connectivity index (χ3v) is 4.48.